The number of nitrogens with one attached hydrogen (secondary N) is 4. The number of carboxylic acids is 1. The number of carbonyl (C=O) groups excluding carboxylic acids is 2. The van der Waals surface area contributed by atoms with Crippen molar-refractivity contribution >= 4 is 47.3 Å². The maximum absolute atomic E-state index is 13.4. The highest BCUT2D eigenvalue weighted by Crippen LogP contribution is 2.26. The standard InChI is InChI=1S/C28H36N8O3.C2HF3O2.CHF3.CH2O2/c1-16(2)9-24(37)35-22-11-20(10-21(29)12-22)23-14-33-27(34-17(3)4)28(39)36(23)15-25(38)32-13-18-5-7-19(8-6-18)26(30)31;3-2(4,5)1(6)7;2-1(3)4;2-1-3/h5-8,10-12,14,16-17H,9,13,15,29H2,1-4H3,(H3,30,31)(H,32,38)(H,33,34)(H,35,37);(H,6,7);1H;1H,(H,2,3). The van der Waals surface area contributed by atoms with Crippen molar-refractivity contribution in [1.82, 2.24) is 14.9 Å². The molecule has 53 heavy (non-hydrogen) atoms. The van der Waals surface area contributed by atoms with Crippen LogP contribution in [0.4, 0.5) is 43.5 Å². The molecule has 3 aromatic rings. The Bertz CT molecular complexity index is 1730. The molecule has 2 amide bonds. The number of nitrogens with zero attached hydrogens (tertiary/aromatic N) is 2. The average molecular weight is 763 g/mol. The molecule has 0 spiro atoms. The number of halogens is 6. The van der Waals surface area contributed by atoms with Crippen LogP contribution in [0, 0.1) is 11.3 Å². The van der Waals surface area contributed by atoms with Gasteiger partial charge in [-0.15, -0.1) is 0 Å². The number of amidine groups is 1. The molecule has 0 saturated heterocycles. The summed E-state index contributed by atoms with van der Waals surface area (Å²) in [6.07, 6.45) is -3.22. The predicted molar refractivity (Wildman–Crippen MR) is 184 cm³/mol. The van der Waals surface area contributed by atoms with Crippen molar-refractivity contribution in [2.45, 2.75) is 66.1 Å². The number of nitrogen functional groups attached to an aromatic ring is 2. The molecule has 0 unspecified atom stereocenters. The number of carbonyl (C=O) groups is 4. The fraction of sp³-hybridized carbons (Fsp3) is 0.344. The van der Waals surface area contributed by atoms with E-state index in [1.807, 2.05) is 27.7 Å². The van der Waals surface area contributed by atoms with Gasteiger partial charge in [0.1, 0.15) is 12.4 Å². The number of alkyl halides is 6. The minimum atomic E-state index is -5.08. The molecule has 292 valence electrons. The highest BCUT2D eigenvalue weighted by Gasteiger charge is 2.38. The predicted octanol–water partition coefficient (Wildman–Crippen LogP) is 4.41. The third kappa shape index (κ3) is 19.2. The Balaban J connectivity index is 0.00000164. The first-order valence-electron chi connectivity index (χ1n) is 15.1. The normalized spacial score (nSPS) is 10.4. The zero-order valence-electron chi connectivity index (χ0n) is 28.8. The van der Waals surface area contributed by atoms with Gasteiger partial charge in [-0.2, -0.15) is 26.3 Å². The van der Waals surface area contributed by atoms with Crippen molar-refractivity contribution in [1.29, 1.82) is 5.41 Å². The molecule has 2 aromatic carbocycles. The van der Waals surface area contributed by atoms with Gasteiger partial charge >= 0.3 is 18.8 Å². The molecule has 0 aliphatic carbocycles. The van der Waals surface area contributed by atoms with Crippen LogP contribution in [-0.2, 0) is 32.3 Å². The molecule has 0 fully saturated rings. The van der Waals surface area contributed by atoms with Gasteiger partial charge in [-0.3, -0.25) is 29.2 Å². The van der Waals surface area contributed by atoms with Crippen molar-refractivity contribution in [3.63, 3.8) is 0 Å². The topological polar surface area (TPSA) is 256 Å². The summed E-state index contributed by atoms with van der Waals surface area (Å²) in [7, 11) is 0. The van der Waals surface area contributed by atoms with Gasteiger partial charge in [0.25, 0.3) is 12.0 Å². The number of hydrogen-bond acceptors (Lipinski definition) is 9. The van der Waals surface area contributed by atoms with E-state index in [0.717, 1.165) is 5.56 Å². The lowest BCUT2D eigenvalue weighted by atomic mass is 10.1. The number of aliphatic carboxylic acids is 1. The number of amides is 2. The van der Waals surface area contributed by atoms with Gasteiger partial charge in [-0.1, -0.05) is 38.1 Å². The van der Waals surface area contributed by atoms with E-state index >= 15 is 0 Å². The van der Waals surface area contributed by atoms with Gasteiger partial charge in [-0.05, 0) is 43.5 Å². The molecule has 1 aromatic heterocycles. The van der Waals surface area contributed by atoms with Crippen LogP contribution < -0.4 is 33.0 Å². The maximum Gasteiger partial charge on any atom is 0.490 e. The van der Waals surface area contributed by atoms with Crippen LogP contribution in [-0.4, -0.2) is 68.8 Å². The zero-order chi connectivity index (χ0) is 41.1. The van der Waals surface area contributed by atoms with Crippen molar-refractivity contribution in [2.24, 2.45) is 11.7 Å². The Hall–Kier alpha value is -6.15. The Morgan fingerprint density at radius 3 is 2.00 bits per heavy atom. The SMILES string of the molecule is CC(C)CC(=O)Nc1cc(N)cc(-c2cnc(NC(C)C)c(=O)n2CC(=O)NCc2ccc(C(=N)N)cc2)c1.FC(F)F.O=C(O)C(F)(F)F.O=CO. The monoisotopic (exact) mass is 762 g/mol. The van der Waals surface area contributed by atoms with E-state index in [1.165, 1.54) is 10.8 Å². The van der Waals surface area contributed by atoms with Crippen LogP contribution in [0.5, 0.6) is 0 Å². The molecule has 0 radical (unpaired) electrons. The first-order chi connectivity index (χ1) is 24.5. The lowest BCUT2D eigenvalue weighted by Gasteiger charge is -2.17. The Morgan fingerprint density at radius 2 is 1.55 bits per heavy atom. The Kier molecular flexibility index (Phi) is 20.0. The van der Waals surface area contributed by atoms with Gasteiger partial charge in [0, 0.05) is 41.5 Å². The second kappa shape index (κ2) is 22.6. The summed E-state index contributed by atoms with van der Waals surface area (Å²) in [5, 5.41) is 30.2. The number of nitrogens with two attached hydrogens (primary N) is 2. The smallest absolute Gasteiger partial charge is 0.483 e. The quantitative estimate of drug-likeness (QED) is 0.0446. The van der Waals surface area contributed by atoms with Crippen molar-refractivity contribution in [2.75, 3.05) is 16.4 Å². The van der Waals surface area contributed by atoms with Crippen LogP contribution in [0.3, 0.4) is 0 Å². The summed E-state index contributed by atoms with van der Waals surface area (Å²) in [5.41, 5.74) is 14.3. The lowest BCUT2D eigenvalue weighted by molar-refractivity contribution is -0.192. The number of aromatic nitrogens is 2. The number of hydrogen-bond donors (Lipinski definition) is 8. The molecule has 1 heterocycles. The molecule has 0 saturated carbocycles. The zero-order valence-corrected chi connectivity index (χ0v) is 28.8. The van der Waals surface area contributed by atoms with E-state index in [4.69, 9.17) is 36.7 Å². The van der Waals surface area contributed by atoms with Crippen molar-refractivity contribution in [3.8, 4) is 11.3 Å². The van der Waals surface area contributed by atoms with E-state index in [2.05, 4.69) is 20.9 Å². The van der Waals surface area contributed by atoms with Gasteiger partial charge in [0.15, 0.2) is 5.82 Å². The molecule has 3 rings (SSSR count). The maximum atomic E-state index is 13.4. The van der Waals surface area contributed by atoms with Crippen LogP contribution in [0.15, 0.2) is 53.5 Å². The molecule has 15 nitrogen and oxygen atoms in total. The first kappa shape index (κ1) is 46.8. The third-order valence-electron chi connectivity index (χ3n) is 5.91. The number of carboxylic acid groups (broad SMARTS) is 2. The van der Waals surface area contributed by atoms with E-state index in [1.54, 1.807) is 42.5 Å². The van der Waals surface area contributed by atoms with Crippen LogP contribution >= 0.6 is 0 Å². The second-order valence-corrected chi connectivity index (χ2v) is 11.2. The minimum Gasteiger partial charge on any atom is -0.483 e. The second-order valence-electron chi connectivity index (χ2n) is 11.2. The lowest BCUT2D eigenvalue weighted by Crippen LogP contribution is -2.35. The summed E-state index contributed by atoms with van der Waals surface area (Å²) >= 11 is 0. The third-order valence-corrected chi connectivity index (χ3v) is 5.91. The summed E-state index contributed by atoms with van der Waals surface area (Å²) < 4.78 is 62.1. The van der Waals surface area contributed by atoms with E-state index in [9.17, 15) is 40.7 Å². The number of anilines is 3. The van der Waals surface area contributed by atoms with E-state index in [-0.39, 0.29) is 55.0 Å². The molecular formula is C32H40F6N8O7. The number of benzene rings is 2. The summed E-state index contributed by atoms with van der Waals surface area (Å²) in [6.45, 7) is 3.72. The van der Waals surface area contributed by atoms with Crippen LogP contribution in [0.1, 0.15) is 45.2 Å². The van der Waals surface area contributed by atoms with E-state index < -0.39 is 24.4 Å². The highest BCUT2D eigenvalue weighted by atomic mass is 19.4. The van der Waals surface area contributed by atoms with Crippen molar-refractivity contribution in [3.05, 3.63) is 70.1 Å². The fourth-order valence-electron chi connectivity index (χ4n) is 3.90. The fourth-order valence-corrected chi connectivity index (χ4v) is 3.90. The molecule has 0 aliphatic rings. The van der Waals surface area contributed by atoms with Crippen molar-refractivity contribution < 1.29 is 55.7 Å². The largest absolute Gasteiger partial charge is 0.490 e. The molecule has 0 bridgehead atoms. The van der Waals surface area contributed by atoms with Gasteiger partial charge in [0.05, 0.1) is 11.9 Å². The summed E-state index contributed by atoms with van der Waals surface area (Å²) in [4.78, 5) is 60.3. The van der Waals surface area contributed by atoms with Gasteiger partial charge in [-0.25, -0.2) is 9.78 Å². The van der Waals surface area contributed by atoms with Gasteiger partial charge in [0.2, 0.25) is 11.8 Å². The highest BCUT2D eigenvalue weighted by molar-refractivity contribution is 5.95. The van der Waals surface area contributed by atoms with E-state index in [0.29, 0.717) is 34.6 Å². The summed E-state index contributed by atoms with van der Waals surface area (Å²) in [5.74, 6) is -3.02. The van der Waals surface area contributed by atoms with Gasteiger partial charge < -0.3 is 37.6 Å². The molecule has 21 heteroatoms. The average Bonchev–Trinajstić information content (AvgIpc) is 3.01. The number of rotatable bonds is 11. The Labute approximate surface area is 298 Å². The van der Waals surface area contributed by atoms with Crippen LogP contribution in [0.25, 0.3) is 11.3 Å². The molecule has 0 aliphatic heterocycles. The minimum absolute atomic E-state index is 0.0369. The molecular weight excluding hydrogens is 722 g/mol. The first-order valence-corrected chi connectivity index (χ1v) is 15.1. The Morgan fingerprint density at radius 1 is 1.02 bits per heavy atom. The van der Waals surface area contributed by atoms with Crippen LogP contribution in [0.2, 0.25) is 0 Å². The summed E-state index contributed by atoms with van der Waals surface area (Å²) in [6, 6.07) is 11.9. The molecule has 10 N–H and O–H groups in total. The molecule has 0 atom stereocenters.